The van der Waals surface area contributed by atoms with Gasteiger partial charge in [0.1, 0.15) is 0 Å². The maximum atomic E-state index is 2.58. The molecule has 2 aromatic rings. The molecule has 0 atom stereocenters. The summed E-state index contributed by atoms with van der Waals surface area (Å²) in [5.74, 6) is 0. The third kappa shape index (κ3) is 1.72. The van der Waals surface area contributed by atoms with E-state index in [1.54, 1.807) is 0 Å². The largest absolute Gasteiger partial charge is 0.213 e. The van der Waals surface area contributed by atoms with E-state index in [-0.39, 0.29) is 5.54 Å². The van der Waals surface area contributed by atoms with Gasteiger partial charge < -0.3 is 0 Å². The van der Waals surface area contributed by atoms with Crippen molar-refractivity contribution in [2.45, 2.75) is 45.6 Å². The molecule has 0 spiro atoms. The number of hydrogen-bond acceptors (Lipinski definition) is 0. The Labute approximate surface area is 115 Å². The van der Waals surface area contributed by atoms with E-state index < -0.39 is 0 Å². The predicted octanol–water partition coefficient (Wildman–Crippen LogP) is 4.02. The summed E-state index contributed by atoms with van der Waals surface area (Å²) >= 11 is 0. The highest BCUT2D eigenvalue weighted by molar-refractivity contribution is 5.62. The van der Waals surface area contributed by atoms with E-state index in [4.69, 9.17) is 0 Å². The molecule has 0 radical (unpaired) electrons. The first-order chi connectivity index (χ1) is 9.22. The monoisotopic (exact) mass is 252 g/mol. The van der Waals surface area contributed by atoms with Gasteiger partial charge in [0.05, 0.1) is 0 Å². The number of aryl methyl sites for hydroxylation is 1. The molecule has 0 aliphatic carbocycles. The summed E-state index contributed by atoms with van der Waals surface area (Å²) in [4.78, 5) is 0. The zero-order valence-corrected chi connectivity index (χ0v) is 12.1. The molecule has 2 heterocycles. The van der Waals surface area contributed by atoms with Gasteiger partial charge in [-0.25, -0.2) is 0 Å². The Morgan fingerprint density at radius 1 is 1.00 bits per heavy atom. The van der Waals surface area contributed by atoms with Crippen LogP contribution in [0.1, 0.15) is 37.9 Å². The normalized spacial score (nSPS) is 15.7. The van der Waals surface area contributed by atoms with Crippen LogP contribution >= 0.6 is 0 Å². The molecule has 1 aromatic carbocycles. The van der Waals surface area contributed by atoms with Gasteiger partial charge in [-0.3, -0.25) is 0 Å². The third-order valence-corrected chi connectivity index (χ3v) is 4.79. The van der Waals surface area contributed by atoms with Gasteiger partial charge in [-0.2, -0.15) is 4.57 Å². The molecule has 1 aliphatic heterocycles. The molecule has 98 valence electrons. The maximum Gasteiger partial charge on any atom is 0.213 e. The zero-order chi connectivity index (χ0) is 13.5. The van der Waals surface area contributed by atoms with E-state index in [9.17, 15) is 0 Å². The van der Waals surface area contributed by atoms with Crippen LogP contribution in [-0.4, -0.2) is 0 Å². The van der Waals surface area contributed by atoms with Gasteiger partial charge in [0.2, 0.25) is 5.69 Å². The van der Waals surface area contributed by atoms with Crippen molar-refractivity contribution in [2.75, 3.05) is 0 Å². The average molecular weight is 252 g/mol. The van der Waals surface area contributed by atoms with Crippen molar-refractivity contribution in [3.05, 3.63) is 53.7 Å². The number of pyridine rings is 1. The van der Waals surface area contributed by atoms with Crippen LogP contribution in [-0.2, 0) is 12.0 Å². The van der Waals surface area contributed by atoms with Gasteiger partial charge in [0.15, 0.2) is 11.2 Å². The molecule has 0 saturated carbocycles. The second kappa shape index (κ2) is 4.48. The summed E-state index contributed by atoms with van der Waals surface area (Å²) < 4.78 is 2.58. The minimum Gasteiger partial charge on any atom is -0.190 e. The van der Waals surface area contributed by atoms with E-state index in [0.717, 1.165) is 6.42 Å². The van der Waals surface area contributed by atoms with Crippen molar-refractivity contribution in [3.8, 4) is 11.3 Å². The van der Waals surface area contributed by atoms with Crippen LogP contribution < -0.4 is 4.57 Å². The summed E-state index contributed by atoms with van der Waals surface area (Å²) in [5.41, 5.74) is 5.90. The Hall–Kier alpha value is -1.63. The van der Waals surface area contributed by atoms with Gasteiger partial charge in [-0.1, -0.05) is 32.0 Å². The quantitative estimate of drug-likeness (QED) is 0.711. The number of fused-ring (bicyclic) bond motifs is 3. The molecule has 0 amide bonds. The van der Waals surface area contributed by atoms with Crippen LogP contribution in [0.25, 0.3) is 11.3 Å². The summed E-state index contributed by atoms with van der Waals surface area (Å²) in [5, 5.41) is 0. The lowest BCUT2D eigenvalue weighted by molar-refractivity contribution is -0.763. The highest BCUT2D eigenvalue weighted by Gasteiger charge is 2.44. The molecule has 1 heteroatoms. The number of nitrogens with zero attached hydrogens (tertiary/aromatic N) is 1. The Morgan fingerprint density at radius 2 is 1.74 bits per heavy atom. The lowest BCUT2D eigenvalue weighted by Gasteiger charge is -2.33. The lowest BCUT2D eigenvalue weighted by atomic mass is 9.79. The highest BCUT2D eigenvalue weighted by Crippen LogP contribution is 2.36. The first-order valence-electron chi connectivity index (χ1n) is 7.32. The molecule has 19 heavy (non-hydrogen) atoms. The summed E-state index contributed by atoms with van der Waals surface area (Å²) in [6.45, 7) is 6.87. The van der Waals surface area contributed by atoms with Crippen molar-refractivity contribution >= 4 is 0 Å². The topological polar surface area (TPSA) is 3.88 Å². The fourth-order valence-corrected chi connectivity index (χ4v) is 3.63. The van der Waals surface area contributed by atoms with Crippen LogP contribution in [0.4, 0.5) is 0 Å². The minimum atomic E-state index is 0.245. The van der Waals surface area contributed by atoms with Crippen molar-refractivity contribution in [3.63, 3.8) is 0 Å². The molecule has 1 aliphatic rings. The second-order valence-corrected chi connectivity index (χ2v) is 5.65. The SMILES string of the molecule is CCC1(CC)Cc2ccccc2-c2cccc(C)[n+]21. The molecule has 0 N–H and O–H groups in total. The maximum absolute atomic E-state index is 2.58. The highest BCUT2D eigenvalue weighted by atomic mass is 15.1. The van der Waals surface area contributed by atoms with Gasteiger partial charge in [0.25, 0.3) is 0 Å². The fraction of sp³-hybridized carbons (Fsp3) is 0.389. The van der Waals surface area contributed by atoms with Crippen LogP contribution in [0.2, 0.25) is 0 Å². The number of aromatic nitrogens is 1. The second-order valence-electron chi connectivity index (χ2n) is 5.65. The van der Waals surface area contributed by atoms with Crippen molar-refractivity contribution < 1.29 is 4.57 Å². The van der Waals surface area contributed by atoms with Gasteiger partial charge in [-0.15, -0.1) is 0 Å². The number of hydrogen-bond donors (Lipinski definition) is 0. The van der Waals surface area contributed by atoms with Crippen LogP contribution in [0.15, 0.2) is 42.5 Å². The molecule has 0 bridgehead atoms. The molecular formula is C18H22N+. The Bertz CT molecular complexity index is 609. The van der Waals surface area contributed by atoms with Gasteiger partial charge in [0, 0.05) is 43.9 Å². The average Bonchev–Trinajstić information content (AvgIpc) is 2.46. The first-order valence-corrected chi connectivity index (χ1v) is 7.32. The predicted molar refractivity (Wildman–Crippen MR) is 79.1 cm³/mol. The summed E-state index contributed by atoms with van der Waals surface area (Å²) in [6.07, 6.45) is 3.51. The fourth-order valence-electron chi connectivity index (χ4n) is 3.63. The minimum absolute atomic E-state index is 0.245. The van der Waals surface area contributed by atoms with Crippen LogP contribution in [0.5, 0.6) is 0 Å². The number of benzene rings is 1. The van der Waals surface area contributed by atoms with E-state index in [1.165, 1.54) is 35.4 Å². The molecule has 0 unspecified atom stereocenters. The van der Waals surface area contributed by atoms with Crippen molar-refractivity contribution in [2.24, 2.45) is 0 Å². The van der Waals surface area contributed by atoms with E-state index in [1.807, 2.05) is 0 Å². The Morgan fingerprint density at radius 3 is 2.47 bits per heavy atom. The Kier molecular flexibility index (Phi) is 2.93. The summed E-state index contributed by atoms with van der Waals surface area (Å²) in [6, 6.07) is 15.6. The van der Waals surface area contributed by atoms with E-state index in [2.05, 4.69) is 67.8 Å². The van der Waals surface area contributed by atoms with Crippen molar-refractivity contribution in [1.82, 2.24) is 0 Å². The molecule has 3 rings (SSSR count). The smallest absolute Gasteiger partial charge is 0.190 e. The zero-order valence-electron chi connectivity index (χ0n) is 12.1. The molecule has 0 fully saturated rings. The molecule has 0 saturated heterocycles. The first kappa shape index (κ1) is 12.4. The van der Waals surface area contributed by atoms with Crippen LogP contribution in [0, 0.1) is 6.92 Å². The van der Waals surface area contributed by atoms with E-state index in [0.29, 0.717) is 0 Å². The van der Waals surface area contributed by atoms with Gasteiger partial charge >= 0.3 is 0 Å². The summed E-state index contributed by atoms with van der Waals surface area (Å²) in [7, 11) is 0. The number of rotatable bonds is 2. The van der Waals surface area contributed by atoms with Gasteiger partial charge in [-0.05, 0) is 17.7 Å². The molecule has 1 aromatic heterocycles. The third-order valence-electron chi connectivity index (χ3n) is 4.79. The molecular weight excluding hydrogens is 230 g/mol. The van der Waals surface area contributed by atoms with Crippen LogP contribution in [0.3, 0.4) is 0 Å². The van der Waals surface area contributed by atoms with Crippen molar-refractivity contribution in [1.29, 1.82) is 0 Å². The lowest BCUT2D eigenvalue weighted by Crippen LogP contribution is -2.61. The van der Waals surface area contributed by atoms with E-state index >= 15 is 0 Å². The Balaban J connectivity index is 2.35. The standard InChI is InChI=1S/C18H22N/c1-4-18(5-2)13-15-10-6-7-11-16(15)17-12-8-9-14(3)19(17)18/h6-12H,4-5,13H2,1-3H3/q+1. The molecule has 1 nitrogen and oxygen atoms in total.